The van der Waals surface area contributed by atoms with E-state index < -0.39 is 38.7 Å². The SMILES string of the molecule is CC(NS(=O)(=O)c1ccc(C(=O)O)o1)c1ccccc1F. The van der Waals surface area contributed by atoms with Gasteiger partial charge in [0.15, 0.2) is 0 Å². The molecule has 0 saturated heterocycles. The van der Waals surface area contributed by atoms with Gasteiger partial charge in [0.2, 0.25) is 10.9 Å². The van der Waals surface area contributed by atoms with E-state index in [1.165, 1.54) is 25.1 Å². The fraction of sp³-hybridized carbons (Fsp3) is 0.154. The zero-order chi connectivity index (χ0) is 15.6. The number of carbonyl (C=O) groups is 1. The number of furan rings is 1. The highest BCUT2D eigenvalue weighted by molar-refractivity contribution is 7.89. The third-order valence-corrected chi connectivity index (χ3v) is 4.17. The van der Waals surface area contributed by atoms with E-state index in [0.717, 1.165) is 12.1 Å². The molecule has 1 heterocycles. The van der Waals surface area contributed by atoms with Crippen molar-refractivity contribution in [2.24, 2.45) is 0 Å². The second-order valence-electron chi connectivity index (χ2n) is 4.29. The number of hydrogen-bond acceptors (Lipinski definition) is 4. The number of carboxylic acid groups (broad SMARTS) is 1. The van der Waals surface area contributed by atoms with Gasteiger partial charge < -0.3 is 9.52 Å². The largest absolute Gasteiger partial charge is 0.475 e. The maximum atomic E-state index is 13.6. The van der Waals surface area contributed by atoms with Crippen LogP contribution >= 0.6 is 0 Å². The van der Waals surface area contributed by atoms with E-state index in [9.17, 15) is 17.6 Å². The van der Waals surface area contributed by atoms with E-state index in [-0.39, 0.29) is 5.56 Å². The van der Waals surface area contributed by atoms with Crippen LogP contribution in [-0.4, -0.2) is 19.5 Å². The standard InChI is InChI=1S/C13H12FNO5S/c1-8(9-4-2-3-5-10(9)14)15-21(18,19)12-7-6-11(20-12)13(16)17/h2-8,15H,1H3,(H,16,17). The van der Waals surface area contributed by atoms with Crippen LogP contribution in [0.4, 0.5) is 4.39 Å². The number of aromatic carboxylic acids is 1. The highest BCUT2D eigenvalue weighted by atomic mass is 32.2. The van der Waals surface area contributed by atoms with Crippen molar-refractivity contribution in [3.8, 4) is 0 Å². The number of carboxylic acids is 1. The molecule has 1 atom stereocenters. The molecule has 2 rings (SSSR count). The first kappa shape index (κ1) is 15.2. The Kier molecular flexibility index (Phi) is 4.10. The fourth-order valence-electron chi connectivity index (χ4n) is 1.76. The van der Waals surface area contributed by atoms with Crippen LogP contribution in [0.3, 0.4) is 0 Å². The van der Waals surface area contributed by atoms with Crippen LogP contribution in [0.1, 0.15) is 29.1 Å². The van der Waals surface area contributed by atoms with Crippen molar-refractivity contribution < 1.29 is 27.1 Å². The first-order chi connectivity index (χ1) is 9.81. The molecule has 0 fully saturated rings. The van der Waals surface area contributed by atoms with Crippen molar-refractivity contribution in [2.45, 2.75) is 18.1 Å². The second kappa shape index (κ2) is 5.66. The van der Waals surface area contributed by atoms with Gasteiger partial charge in [-0.2, -0.15) is 0 Å². The number of rotatable bonds is 5. The molecule has 0 spiro atoms. The Labute approximate surface area is 120 Å². The zero-order valence-corrected chi connectivity index (χ0v) is 11.7. The Morgan fingerprint density at radius 2 is 1.95 bits per heavy atom. The molecule has 0 aliphatic rings. The van der Waals surface area contributed by atoms with Gasteiger partial charge in [0.25, 0.3) is 10.0 Å². The molecule has 0 saturated carbocycles. The van der Waals surface area contributed by atoms with E-state index >= 15 is 0 Å². The lowest BCUT2D eigenvalue weighted by atomic mass is 10.1. The summed E-state index contributed by atoms with van der Waals surface area (Å²) in [5.41, 5.74) is 0.172. The third-order valence-electron chi connectivity index (χ3n) is 2.76. The van der Waals surface area contributed by atoms with Gasteiger partial charge in [0.1, 0.15) is 5.82 Å². The molecule has 1 aromatic heterocycles. The minimum absolute atomic E-state index is 0.172. The fourth-order valence-corrected chi connectivity index (χ4v) is 2.92. The maximum Gasteiger partial charge on any atom is 0.371 e. The molecular formula is C13H12FNO5S. The molecule has 0 amide bonds. The molecule has 0 radical (unpaired) electrons. The van der Waals surface area contributed by atoms with Crippen LogP contribution < -0.4 is 4.72 Å². The van der Waals surface area contributed by atoms with Crippen molar-refractivity contribution in [1.29, 1.82) is 0 Å². The summed E-state index contributed by atoms with van der Waals surface area (Å²) in [7, 11) is -4.08. The van der Waals surface area contributed by atoms with Crippen LogP contribution in [0.5, 0.6) is 0 Å². The number of hydrogen-bond donors (Lipinski definition) is 2. The summed E-state index contributed by atoms with van der Waals surface area (Å²) in [4.78, 5) is 10.7. The van der Waals surface area contributed by atoms with Crippen LogP contribution in [-0.2, 0) is 10.0 Å². The highest BCUT2D eigenvalue weighted by Gasteiger charge is 2.24. The molecule has 0 aliphatic heterocycles. The van der Waals surface area contributed by atoms with Gasteiger partial charge in [0.05, 0.1) is 0 Å². The quantitative estimate of drug-likeness (QED) is 0.881. The van der Waals surface area contributed by atoms with Crippen molar-refractivity contribution in [3.63, 3.8) is 0 Å². The van der Waals surface area contributed by atoms with Gasteiger partial charge in [-0.3, -0.25) is 0 Å². The summed E-state index contributed by atoms with van der Waals surface area (Å²) < 4.78 is 44.6. The summed E-state index contributed by atoms with van der Waals surface area (Å²) >= 11 is 0. The molecule has 0 bridgehead atoms. The van der Waals surface area contributed by atoms with E-state index in [4.69, 9.17) is 9.52 Å². The topological polar surface area (TPSA) is 96.6 Å². The first-order valence-corrected chi connectivity index (χ1v) is 7.39. The molecule has 2 aromatic rings. The molecule has 8 heteroatoms. The smallest absolute Gasteiger partial charge is 0.371 e. The normalized spacial score (nSPS) is 13.0. The summed E-state index contributed by atoms with van der Waals surface area (Å²) in [5.74, 6) is -2.41. The van der Waals surface area contributed by atoms with Gasteiger partial charge in [-0.05, 0) is 25.1 Å². The van der Waals surface area contributed by atoms with Crippen molar-refractivity contribution in [2.75, 3.05) is 0 Å². The molecule has 0 aliphatic carbocycles. The summed E-state index contributed by atoms with van der Waals surface area (Å²) in [5, 5.41) is 8.16. The van der Waals surface area contributed by atoms with Gasteiger partial charge in [-0.1, -0.05) is 18.2 Å². The predicted molar refractivity (Wildman–Crippen MR) is 70.8 cm³/mol. The number of halogens is 1. The monoisotopic (exact) mass is 313 g/mol. The average Bonchev–Trinajstić information content (AvgIpc) is 2.89. The Morgan fingerprint density at radius 1 is 1.29 bits per heavy atom. The van der Waals surface area contributed by atoms with E-state index in [1.54, 1.807) is 6.07 Å². The number of sulfonamides is 1. The molecular weight excluding hydrogens is 301 g/mol. The molecule has 6 nitrogen and oxygen atoms in total. The third kappa shape index (κ3) is 3.29. The summed E-state index contributed by atoms with van der Waals surface area (Å²) in [6, 6.07) is 6.96. The number of nitrogens with one attached hydrogen (secondary N) is 1. The lowest BCUT2D eigenvalue weighted by Crippen LogP contribution is -2.27. The molecule has 1 aromatic carbocycles. The van der Waals surface area contributed by atoms with Crippen molar-refractivity contribution in [1.82, 2.24) is 4.72 Å². The van der Waals surface area contributed by atoms with Crippen LogP contribution in [0.2, 0.25) is 0 Å². The van der Waals surface area contributed by atoms with Gasteiger partial charge in [-0.25, -0.2) is 22.3 Å². The minimum atomic E-state index is -4.08. The first-order valence-electron chi connectivity index (χ1n) is 5.91. The minimum Gasteiger partial charge on any atom is -0.475 e. The van der Waals surface area contributed by atoms with Gasteiger partial charge >= 0.3 is 5.97 Å². The van der Waals surface area contributed by atoms with Gasteiger partial charge in [0, 0.05) is 11.6 Å². The summed E-state index contributed by atoms with van der Waals surface area (Å²) in [6.45, 7) is 1.47. The summed E-state index contributed by atoms with van der Waals surface area (Å²) in [6.07, 6.45) is 0. The second-order valence-corrected chi connectivity index (χ2v) is 5.93. The Bertz CT molecular complexity index is 768. The zero-order valence-electron chi connectivity index (χ0n) is 10.9. The van der Waals surface area contributed by atoms with Crippen LogP contribution in [0, 0.1) is 5.82 Å². The highest BCUT2D eigenvalue weighted by Crippen LogP contribution is 2.20. The average molecular weight is 313 g/mol. The maximum absolute atomic E-state index is 13.6. The van der Waals surface area contributed by atoms with E-state index in [0.29, 0.717) is 0 Å². The molecule has 21 heavy (non-hydrogen) atoms. The Hall–Kier alpha value is -2.19. The molecule has 112 valence electrons. The Balaban J connectivity index is 2.24. The Morgan fingerprint density at radius 3 is 2.52 bits per heavy atom. The predicted octanol–water partition coefficient (Wildman–Crippen LogP) is 2.16. The number of benzene rings is 1. The molecule has 1 unspecified atom stereocenters. The van der Waals surface area contributed by atoms with Crippen molar-refractivity contribution in [3.05, 3.63) is 53.5 Å². The van der Waals surface area contributed by atoms with E-state index in [2.05, 4.69) is 4.72 Å². The van der Waals surface area contributed by atoms with Crippen molar-refractivity contribution >= 4 is 16.0 Å². The van der Waals surface area contributed by atoms with Gasteiger partial charge in [-0.15, -0.1) is 0 Å². The van der Waals surface area contributed by atoms with Crippen LogP contribution in [0.15, 0.2) is 45.9 Å². The molecule has 2 N–H and O–H groups in total. The lowest BCUT2D eigenvalue weighted by Gasteiger charge is -2.14. The lowest BCUT2D eigenvalue weighted by molar-refractivity contribution is 0.0656. The van der Waals surface area contributed by atoms with Crippen LogP contribution in [0.25, 0.3) is 0 Å². The van der Waals surface area contributed by atoms with E-state index in [1.807, 2.05) is 0 Å².